The Hall–Kier alpha value is -1.98. The Labute approximate surface area is 182 Å². The molecule has 1 saturated heterocycles. The van der Waals surface area contributed by atoms with Crippen LogP contribution in [-0.4, -0.2) is 48.7 Å². The van der Waals surface area contributed by atoms with Gasteiger partial charge in [-0.15, -0.1) is 23.1 Å². The van der Waals surface area contributed by atoms with E-state index in [1.54, 1.807) is 23.9 Å². The first-order valence-corrected chi connectivity index (χ1v) is 12.8. The van der Waals surface area contributed by atoms with Gasteiger partial charge in [0.25, 0.3) is 5.91 Å². The van der Waals surface area contributed by atoms with E-state index in [9.17, 15) is 18.4 Å². The summed E-state index contributed by atoms with van der Waals surface area (Å²) in [6.07, 6.45) is 1.97. The first-order chi connectivity index (χ1) is 14.4. The number of fused-ring (bicyclic) bond motifs is 1. The molecule has 2 N–H and O–H groups in total. The number of thioether (sulfide) groups is 1. The Bertz CT molecular complexity index is 1180. The van der Waals surface area contributed by atoms with E-state index in [4.69, 9.17) is 4.74 Å². The van der Waals surface area contributed by atoms with Crippen molar-refractivity contribution in [1.29, 1.82) is 0 Å². The number of hydrogen-bond donors (Lipinski definition) is 2. The van der Waals surface area contributed by atoms with Crippen molar-refractivity contribution >= 4 is 49.1 Å². The summed E-state index contributed by atoms with van der Waals surface area (Å²) in [5, 5.41) is 9.98. The summed E-state index contributed by atoms with van der Waals surface area (Å²) < 4.78 is 31.1. The molecule has 1 amide bonds. The van der Waals surface area contributed by atoms with Gasteiger partial charge < -0.3 is 4.74 Å². The summed E-state index contributed by atoms with van der Waals surface area (Å²) in [6, 6.07) is 12.7. The largest absolute Gasteiger partial charge is 0.381 e. The molecule has 30 heavy (non-hydrogen) atoms. The van der Waals surface area contributed by atoms with Gasteiger partial charge in [0.2, 0.25) is 0 Å². The molecule has 2 aromatic carbocycles. The van der Waals surface area contributed by atoms with Gasteiger partial charge in [0, 0.05) is 23.7 Å². The Morgan fingerprint density at radius 3 is 2.53 bits per heavy atom. The number of nitrogens with zero attached hydrogens (tertiary/aromatic N) is 1. The number of thiazole rings is 1. The number of nitrogens with one attached hydrogen (secondary N) is 1. The molecular formula is C20H20N2O5S3. The standard InChI is InChI=1S/C20H20N2O5S3/c1-28-14-4-2-13(3-5-14)18-21-16-7-6-15(12-17(16)29-18)30(25,26)20(19(23)22-24)8-10-27-11-9-20/h2-7,12,24H,8-11H2,1H3,(H,22,23). The number of ether oxygens (including phenoxy) is 1. The SMILES string of the molecule is CSc1ccc(-c2nc3ccc(S(=O)(=O)C4(C(=O)NO)CCOCC4)cc3s2)cc1. The molecule has 0 spiro atoms. The Morgan fingerprint density at radius 2 is 1.90 bits per heavy atom. The van der Waals surface area contributed by atoms with Crippen LogP contribution in [0.1, 0.15) is 12.8 Å². The van der Waals surface area contributed by atoms with Crippen LogP contribution in [0.3, 0.4) is 0 Å². The Morgan fingerprint density at radius 1 is 1.20 bits per heavy atom. The lowest BCUT2D eigenvalue weighted by Gasteiger charge is -2.34. The van der Waals surface area contributed by atoms with Gasteiger partial charge in [0.05, 0.1) is 15.1 Å². The zero-order valence-electron chi connectivity index (χ0n) is 16.1. The van der Waals surface area contributed by atoms with Gasteiger partial charge in [0.1, 0.15) is 5.01 Å². The van der Waals surface area contributed by atoms with Gasteiger partial charge in [-0.05, 0) is 49.4 Å². The van der Waals surface area contributed by atoms with Gasteiger partial charge in [0.15, 0.2) is 14.6 Å². The maximum atomic E-state index is 13.5. The summed E-state index contributed by atoms with van der Waals surface area (Å²) in [4.78, 5) is 18.2. The van der Waals surface area contributed by atoms with Crippen LogP contribution >= 0.6 is 23.1 Å². The monoisotopic (exact) mass is 464 g/mol. The van der Waals surface area contributed by atoms with Crippen LogP contribution in [0.15, 0.2) is 52.3 Å². The van der Waals surface area contributed by atoms with Crippen molar-refractivity contribution in [2.24, 2.45) is 0 Å². The van der Waals surface area contributed by atoms with Crippen LogP contribution in [-0.2, 0) is 19.4 Å². The lowest BCUT2D eigenvalue weighted by Crippen LogP contribution is -2.54. The highest BCUT2D eigenvalue weighted by molar-refractivity contribution is 7.98. The Kier molecular flexibility index (Phi) is 5.86. The predicted molar refractivity (Wildman–Crippen MR) is 117 cm³/mol. The molecule has 10 heteroatoms. The second kappa shape index (κ2) is 8.27. The fourth-order valence-electron chi connectivity index (χ4n) is 3.58. The van der Waals surface area contributed by atoms with Crippen LogP contribution in [0.4, 0.5) is 0 Å². The minimum Gasteiger partial charge on any atom is -0.381 e. The predicted octanol–water partition coefficient (Wildman–Crippen LogP) is 3.51. The highest BCUT2D eigenvalue weighted by Gasteiger charge is 2.52. The van der Waals surface area contributed by atoms with E-state index in [1.165, 1.54) is 22.9 Å². The molecule has 0 saturated carbocycles. The molecule has 1 aromatic heterocycles. The third kappa shape index (κ3) is 3.52. The highest BCUT2D eigenvalue weighted by atomic mass is 32.2. The number of carbonyl (C=O) groups excluding carboxylic acids is 1. The molecule has 1 aliphatic heterocycles. The number of hydroxylamine groups is 1. The quantitative estimate of drug-likeness (QED) is 0.338. The zero-order chi connectivity index (χ0) is 21.4. The van der Waals surface area contributed by atoms with E-state index < -0.39 is 20.5 Å². The summed E-state index contributed by atoms with van der Waals surface area (Å²) >= 11 is 3.05. The normalized spacial score (nSPS) is 16.5. The Balaban J connectivity index is 1.76. The van der Waals surface area contributed by atoms with Crippen molar-refractivity contribution in [2.45, 2.75) is 27.4 Å². The second-order valence-corrected chi connectivity index (χ2v) is 11.1. The third-order valence-electron chi connectivity index (χ3n) is 5.34. The number of benzene rings is 2. The van der Waals surface area contributed by atoms with E-state index >= 15 is 0 Å². The number of hydrogen-bond acceptors (Lipinski definition) is 8. The van der Waals surface area contributed by atoms with Crippen LogP contribution < -0.4 is 5.48 Å². The van der Waals surface area contributed by atoms with Crippen molar-refractivity contribution in [3.63, 3.8) is 0 Å². The number of carbonyl (C=O) groups is 1. The minimum absolute atomic E-state index is 0.0184. The summed E-state index contributed by atoms with van der Waals surface area (Å²) in [5.41, 5.74) is 3.19. The molecule has 0 unspecified atom stereocenters. The molecule has 158 valence electrons. The van der Waals surface area contributed by atoms with Crippen molar-refractivity contribution in [1.82, 2.24) is 10.5 Å². The maximum Gasteiger partial charge on any atom is 0.265 e. The van der Waals surface area contributed by atoms with Crippen LogP contribution in [0, 0.1) is 0 Å². The smallest absolute Gasteiger partial charge is 0.265 e. The average molecular weight is 465 g/mol. The molecule has 0 atom stereocenters. The van der Waals surface area contributed by atoms with E-state index in [1.807, 2.05) is 30.5 Å². The van der Waals surface area contributed by atoms with Crippen molar-refractivity contribution in [3.05, 3.63) is 42.5 Å². The summed E-state index contributed by atoms with van der Waals surface area (Å²) in [6.45, 7) is 0.261. The van der Waals surface area contributed by atoms with Crippen molar-refractivity contribution in [3.8, 4) is 10.6 Å². The van der Waals surface area contributed by atoms with Gasteiger partial charge >= 0.3 is 0 Å². The molecular weight excluding hydrogens is 444 g/mol. The fraction of sp³-hybridized carbons (Fsp3) is 0.300. The minimum atomic E-state index is -4.07. The lowest BCUT2D eigenvalue weighted by atomic mass is 9.98. The highest BCUT2D eigenvalue weighted by Crippen LogP contribution is 2.38. The van der Waals surface area contributed by atoms with Gasteiger partial charge in [-0.2, -0.15) is 0 Å². The third-order valence-corrected chi connectivity index (χ3v) is 9.65. The molecule has 2 heterocycles. The molecule has 0 bridgehead atoms. The first kappa shape index (κ1) is 21.3. The summed E-state index contributed by atoms with van der Waals surface area (Å²) in [7, 11) is -4.07. The number of aromatic nitrogens is 1. The zero-order valence-corrected chi connectivity index (χ0v) is 18.6. The van der Waals surface area contributed by atoms with E-state index in [0.29, 0.717) is 10.2 Å². The fourth-order valence-corrected chi connectivity index (χ4v) is 7.03. The van der Waals surface area contributed by atoms with Crippen LogP contribution in [0.25, 0.3) is 20.8 Å². The molecule has 1 fully saturated rings. The lowest BCUT2D eigenvalue weighted by molar-refractivity contribution is -0.134. The topological polar surface area (TPSA) is 106 Å². The molecule has 1 aliphatic rings. The molecule has 3 aromatic rings. The summed E-state index contributed by atoms with van der Waals surface area (Å²) in [5.74, 6) is -0.926. The van der Waals surface area contributed by atoms with Crippen molar-refractivity contribution < 1.29 is 23.2 Å². The molecule has 7 nitrogen and oxygen atoms in total. The first-order valence-electron chi connectivity index (χ1n) is 9.23. The van der Waals surface area contributed by atoms with Gasteiger partial charge in [-0.25, -0.2) is 18.9 Å². The number of sulfone groups is 1. The molecule has 0 aliphatic carbocycles. The van der Waals surface area contributed by atoms with E-state index in [-0.39, 0.29) is 31.0 Å². The second-order valence-electron chi connectivity index (χ2n) is 6.93. The molecule has 4 rings (SSSR count). The average Bonchev–Trinajstić information content (AvgIpc) is 3.22. The number of rotatable bonds is 5. The van der Waals surface area contributed by atoms with E-state index in [0.717, 1.165) is 15.5 Å². The molecule has 0 radical (unpaired) electrons. The van der Waals surface area contributed by atoms with E-state index in [2.05, 4.69) is 4.98 Å². The number of amides is 1. The maximum absolute atomic E-state index is 13.5. The van der Waals surface area contributed by atoms with Crippen molar-refractivity contribution in [2.75, 3.05) is 19.5 Å². The van der Waals surface area contributed by atoms with Gasteiger partial charge in [-0.3, -0.25) is 10.0 Å². The van der Waals surface area contributed by atoms with Crippen LogP contribution in [0.2, 0.25) is 0 Å². The van der Waals surface area contributed by atoms with Gasteiger partial charge in [-0.1, -0.05) is 12.1 Å². The van der Waals surface area contributed by atoms with Crippen LogP contribution in [0.5, 0.6) is 0 Å².